The fourth-order valence-electron chi connectivity index (χ4n) is 2.43. The fourth-order valence-corrected chi connectivity index (χ4v) is 2.43. The summed E-state index contributed by atoms with van der Waals surface area (Å²) in [6.45, 7) is 6.64. The van der Waals surface area contributed by atoms with Gasteiger partial charge in [-0.2, -0.15) is 0 Å². The molecular formula is C13H24N4. The number of aryl methyl sites for hydroxylation is 2. The first kappa shape index (κ1) is 12.4. The van der Waals surface area contributed by atoms with E-state index in [1.807, 2.05) is 0 Å². The molecule has 0 spiro atoms. The van der Waals surface area contributed by atoms with Gasteiger partial charge in [-0.1, -0.05) is 6.92 Å². The van der Waals surface area contributed by atoms with E-state index >= 15 is 0 Å². The van der Waals surface area contributed by atoms with Gasteiger partial charge in [0.25, 0.3) is 0 Å². The van der Waals surface area contributed by atoms with Crippen LogP contribution in [0.15, 0.2) is 6.20 Å². The van der Waals surface area contributed by atoms with Gasteiger partial charge in [0.2, 0.25) is 5.95 Å². The lowest BCUT2D eigenvalue weighted by Gasteiger charge is -2.39. The molecule has 0 aliphatic carbocycles. The van der Waals surface area contributed by atoms with Gasteiger partial charge in [-0.05, 0) is 33.2 Å². The molecule has 0 unspecified atom stereocenters. The summed E-state index contributed by atoms with van der Waals surface area (Å²) < 4.78 is 2.15. The first-order valence-corrected chi connectivity index (χ1v) is 6.54. The van der Waals surface area contributed by atoms with Crippen LogP contribution in [-0.4, -0.2) is 35.2 Å². The monoisotopic (exact) mass is 236 g/mol. The molecule has 2 heterocycles. The molecule has 1 N–H and O–H groups in total. The first-order valence-electron chi connectivity index (χ1n) is 6.54. The summed E-state index contributed by atoms with van der Waals surface area (Å²) in [5, 5.41) is 3.43. The highest BCUT2D eigenvalue weighted by molar-refractivity contribution is 5.34. The lowest BCUT2D eigenvalue weighted by Crippen LogP contribution is -2.50. The second-order valence-electron chi connectivity index (χ2n) is 5.29. The molecule has 4 heteroatoms. The molecule has 1 aliphatic rings. The van der Waals surface area contributed by atoms with E-state index in [9.17, 15) is 0 Å². The fraction of sp³-hybridized carbons (Fsp3) is 0.769. The normalized spacial score (nSPS) is 19.6. The quantitative estimate of drug-likeness (QED) is 0.864. The molecule has 2 rings (SSSR count). The largest absolute Gasteiger partial charge is 0.342 e. The van der Waals surface area contributed by atoms with Crippen LogP contribution in [0.4, 0.5) is 5.95 Å². The summed E-state index contributed by atoms with van der Waals surface area (Å²) in [5.74, 6) is 1.13. The molecule has 0 radical (unpaired) electrons. The van der Waals surface area contributed by atoms with Gasteiger partial charge in [0.1, 0.15) is 0 Å². The van der Waals surface area contributed by atoms with Gasteiger partial charge in [-0.3, -0.25) is 0 Å². The van der Waals surface area contributed by atoms with Crippen LogP contribution in [0.5, 0.6) is 0 Å². The number of hydrogen-bond acceptors (Lipinski definition) is 3. The second-order valence-corrected chi connectivity index (χ2v) is 5.29. The predicted molar refractivity (Wildman–Crippen MR) is 71.5 cm³/mol. The number of anilines is 1. The van der Waals surface area contributed by atoms with Crippen molar-refractivity contribution in [1.82, 2.24) is 14.9 Å². The number of nitrogens with zero attached hydrogens (tertiary/aromatic N) is 3. The minimum absolute atomic E-state index is 0.301. The van der Waals surface area contributed by atoms with Gasteiger partial charge in [0.05, 0.1) is 5.69 Å². The molecule has 0 atom stereocenters. The summed E-state index contributed by atoms with van der Waals surface area (Å²) in [7, 11) is 4.15. The third kappa shape index (κ3) is 2.46. The average molecular weight is 236 g/mol. The molecule has 1 saturated heterocycles. The zero-order chi connectivity index (χ0) is 12.5. The molecule has 4 nitrogen and oxygen atoms in total. The Bertz CT molecular complexity index is 375. The molecule has 0 bridgehead atoms. The Morgan fingerprint density at radius 1 is 1.41 bits per heavy atom. The lowest BCUT2D eigenvalue weighted by atomic mass is 9.90. The van der Waals surface area contributed by atoms with Crippen molar-refractivity contribution in [3.8, 4) is 0 Å². The van der Waals surface area contributed by atoms with Crippen molar-refractivity contribution in [3.63, 3.8) is 0 Å². The van der Waals surface area contributed by atoms with E-state index < -0.39 is 0 Å². The van der Waals surface area contributed by atoms with Gasteiger partial charge in [0, 0.05) is 31.9 Å². The number of nitrogens with one attached hydrogen (secondary N) is 1. The highest BCUT2D eigenvalue weighted by Crippen LogP contribution is 2.25. The topological polar surface area (TPSA) is 33.1 Å². The van der Waals surface area contributed by atoms with Crippen molar-refractivity contribution in [3.05, 3.63) is 11.9 Å². The van der Waals surface area contributed by atoms with Crippen LogP contribution in [0.25, 0.3) is 0 Å². The maximum Gasteiger partial charge on any atom is 0.205 e. The van der Waals surface area contributed by atoms with Gasteiger partial charge < -0.3 is 14.8 Å². The molecule has 0 amide bonds. The van der Waals surface area contributed by atoms with Crippen LogP contribution in [0.1, 0.15) is 32.4 Å². The number of hydrogen-bond donors (Lipinski definition) is 1. The summed E-state index contributed by atoms with van der Waals surface area (Å²) >= 11 is 0. The molecule has 1 fully saturated rings. The Morgan fingerprint density at radius 2 is 2.06 bits per heavy atom. The van der Waals surface area contributed by atoms with Crippen molar-refractivity contribution >= 4 is 5.95 Å². The average Bonchev–Trinajstić information content (AvgIpc) is 2.72. The van der Waals surface area contributed by atoms with Crippen molar-refractivity contribution in [2.75, 3.05) is 25.0 Å². The van der Waals surface area contributed by atoms with Gasteiger partial charge in [-0.15, -0.1) is 0 Å². The number of imidazole rings is 1. The smallest absolute Gasteiger partial charge is 0.205 e. The third-order valence-electron chi connectivity index (χ3n) is 4.02. The standard InChI is InChI=1S/C13H24N4/c1-5-11-10-16(4)12(15-11)17-8-6-13(2,14-3)7-9-17/h10,14H,5-9H2,1-4H3. The number of aromatic nitrogens is 2. The van der Waals surface area contributed by atoms with Crippen molar-refractivity contribution in [2.45, 2.75) is 38.6 Å². The van der Waals surface area contributed by atoms with E-state index in [2.05, 4.69) is 48.9 Å². The molecular weight excluding hydrogens is 212 g/mol. The maximum absolute atomic E-state index is 4.69. The zero-order valence-corrected chi connectivity index (χ0v) is 11.5. The summed E-state index contributed by atoms with van der Waals surface area (Å²) in [4.78, 5) is 7.10. The number of piperidine rings is 1. The van der Waals surface area contributed by atoms with Gasteiger partial charge in [0.15, 0.2) is 0 Å². The van der Waals surface area contributed by atoms with E-state index in [1.165, 1.54) is 18.5 Å². The molecule has 1 aromatic rings. The highest BCUT2D eigenvalue weighted by atomic mass is 15.3. The lowest BCUT2D eigenvalue weighted by molar-refractivity contribution is 0.303. The van der Waals surface area contributed by atoms with Gasteiger partial charge >= 0.3 is 0 Å². The molecule has 17 heavy (non-hydrogen) atoms. The van der Waals surface area contributed by atoms with Gasteiger partial charge in [-0.25, -0.2) is 4.98 Å². The Kier molecular flexibility index (Phi) is 3.43. The second kappa shape index (κ2) is 4.69. The van der Waals surface area contributed by atoms with E-state index in [0.29, 0.717) is 5.54 Å². The van der Waals surface area contributed by atoms with Crippen LogP contribution in [0.3, 0.4) is 0 Å². The van der Waals surface area contributed by atoms with Crippen LogP contribution in [-0.2, 0) is 13.5 Å². The minimum Gasteiger partial charge on any atom is -0.342 e. The Hall–Kier alpha value is -1.03. The molecule has 0 saturated carbocycles. The van der Waals surface area contributed by atoms with Crippen molar-refractivity contribution in [2.24, 2.45) is 7.05 Å². The van der Waals surface area contributed by atoms with Crippen molar-refractivity contribution < 1.29 is 0 Å². The summed E-state index contributed by atoms with van der Waals surface area (Å²) in [5.41, 5.74) is 1.49. The van der Waals surface area contributed by atoms with E-state index in [0.717, 1.165) is 25.5 Å². The summed E-state index contributed by atoms with van der Waals surface area (Å²) in [6.07, 6.45) is 5.51. The minimum atomic E-state index is 0.301. The number of rotatable bonds is 3. The maximum atomic E-state index is 4.69. The van der Waals surface area contributed by atoms with E-state index in [4.69, 9.17) is 4.98 Å². The third-order valence-corrected chi connectivity index (χ3v) is 4.02. The molecule has 96 valence electrons. The highest BCUT2D eigenvalue weighted by Gasteiger charge is 2.29. The van der Waals surface area contributed by atoms with Crippen LogP contribution in [0, 0.1) is 0 Å². The van der Waals surface area contributed by atoms with Crippen LogP contribution in [0.2, 0.25) is 0 Å². The molecule has 0 aromatic carbocycles. The van der Waals surface area contributed by atoms with Crippen molar-refractivity contribution in [1.29, 1.82) is 0 Å². The summed E-state index contributed by atoms with van der Waals surface area (Å²) in [6, 6.07) is 0. The SMILES string of the molecule is CCc1cn(C)c(N2CCC(C)(NC)CC2)n1. The Labute approximate surface area is 104 Å². The Morgan fingerprint density at radius 3 is 2.53 bits per heavy atom. The van der Waals surface area contributed by atoms with Crippen LogP contribution < -0.4 is 10.2 Å². The molecule has 1 aliphatic heterocycles. The van der Waals surface area contributed by atoms with E-state index in [-0.39, 0.29) is 0 Å². The predicted octanol–water partition coefficient (Wildman–Crippen LogP) is 1.56. The zero-order valence-electron chi connectivity index (χ0n) is 11.5. The first-order chi connectivity index (χ1) is 8.08. The van der Waals surface area contributed by atoms with E-state index in [1.54, 1.807) is 0 Å². The Balaban J connectivity index is 2.07. The molecule has 1 aromatic heterocycles. The van der Waals surface area contributed by atoms with Crippen LogP contribution >= 0.6 is 0 Å².